The van der Waals surface area contributed by atoms with E-state index < -0.39 is 0 Å². The van der Waals surface area contributed by atoms with Gasteiger partial charge in [0.1, 0.15) is 5.82 Å². The predicted octanol–water partition coefficient (Wildman–Crippen LogP) is 4.91. The van der Waals surface area contributed by atoms with E-state index in [0.29, 0.717) is 0 Å². The van der Waals surface area contributed by atoms with E-state index in [-0.39, 0.29) is 6.04 Å². The molecule has 1 unspecified atom stereocenters. The second kappa shape index (κ2) is 8.11. The van der Waals surface area contributed by atoms with E-state index in [4.69, 9.17) is 0 Å². The minimum atomic E-state index is 0.106. The van der Waals surface area contributed by atoms with Crippen molar-refractivity contribution in [2.75, 3.05) is 6.54 Å². The van der Waals surface area contributed by atoms with Gasteiger partial charge < -0.3 is 9.88 Å². The van der Waals surface area contributed by atoms with Gasteiger partial charge in [0.2, 0.25) is 0 Å². The van der Waals surface area contributed by atoms with Crippen LogP contribution in [0.25, 0.3) is 0 Å². The Hall–Kier alpha value is -0.650. The fourth-order valence-electron chi connectivity index (χ4n) is 2.38. The molecule has 1 aromatic heterocycles. The second-order valence-corrected chi connectivity index (χ2v) is 6.80. The summed E-state index contributed by atoms with van der Waals surface area (Å²) in [5.41, 5.74) is 1.22. The fourth-order valence-corrected chi connectivity index (χ4v) is 3.65. The van der Waals surface area contributed by atoms with Crippen LogP contribution in [0.15, 0.2) is 39.5 Å². The molecule has 5 heteroatoms. The van der Waals surface area contributed by atoms with E-state index in [1.165, 1.54) is 5.56 Å². The van der Waals surface area contributed by atoms with Gasteiger partial charge in [-0.15, -0.1) is 0 Å². The van der Waals surface area contributed by atoms with Crippen LogP contribution in [0.4, 0.5) is 0 Å². The summed E-state index contributed by atoms with van der Waals surface area (Å²) in [6, 6.07) is 6.41. The van der Waals surface area contributed by atoms with E-state index in [0.717, 1.165) is 40.7 Å². The first-order chi connectivity index (χ1) is 10.2. The number of hydrogen-bond acceptors (Lipinski definition) is 2. The van der Waals surface area contributed by atoms with Crippen LogP contribution in [-0.4, -0.2) is 16.1 Å². The first kappa shape index (κ1) is 16.7. The van der Waals surface area contributed by atoms with Crippen molar-refractivity contribution in [3.05, 3.63) is 50.9 Å². The number of hydrogen-bond donors (Lipinski definition) is 1. The Balaban J connectivity index is 2.39. The summed E-state index contributed by atoms with van der Waals surface area (Å²) in [6.45, 7) is 6.33. The minimum absolute atomic E-state index is 0.106. The molecule has 1 atom stereocenters. The lowest BCUT2D eigenvalue weighted by Gasteiger charge is -2.21. The maximum absolute atomic E-state index is 4.60. The van der Waals surface area contributed by atoms with Gasteiger partial charge in [-0.25, -0.2) is 4.98 Å². The maximum Gasteiger partial charge on any atom is 0.130 e. The molecule has 0 aliphatic carbocycles. The van der Waals surface area contributed by atoms with E-state index >= 15 is 0 Å². The highest BCUT2D eigenvalue weighted by Gasteiger charge is 2.20. The molecule has 0 saturated heterocycles. The number of aryl methyl sites for hydroxylation is 1. The molecule has 0 fully saturated rings. The standard InChI is InChI=1S/C16H21Br2N3/c1-3-7-19-15(13-6-5-12(17)11-14(13)18)16-20-8-10-21(16)9-4-2/h5-6,8,10-11,15,19H,3-4,7,9H2,1-2H3. The van der Waals surface area contributed by atoms with Crippen LogP contribution in [0.2, 0.25) is 0 Å². The first-order valence-corrected chi connectivity index (χ1v) is 8.95. The van der Waals surface area contributed by atoms with Crippen LogP contribution in [0, 0.1) is 0 Å². The zero-order chi connectivity index (χ0) is 15.2. The Morgan fingerprint density at radius 1 is 1.24 bits per heavy atom. The molecule has 1 N–H and O–H groups in total. The van der Waals surface area contributed by atoms with Gasteiger partial charge in [-0.2, -0.15) is 0 Å². The number of aromatic nitrogens is 2. The van der Waals surface area contributed by atoms with Gasteiger partial charge >= 0.3 is 0 Å². The molecular formula is C16H21Br2N3. The quantitative estimate of drug-likeness (QED) is 0.697. The van der Waals surface area contributed by atoms with E-state index in [1.54, 1.807) is 0 Å². The van der Waals surface area contributed by atoms with Crippen molar-refractivity contribution in [3.63, 3.8) is 0 Å². The number of imidazole rings is 1. The normalized spacial score (nSPS) is 12.6. The molecule has 0 spiro atoms. The summed E-state index contributed by atoms with van der Waals surface area (Å²) in [4.78, 5) is 4.60. The maximum atomic E-state index is 4.60. The lowest BCUT2D eigenvalue weighted by atomic mass is 10.1. The van der Waals surface area contributed by atoms with Gasteiger partial charge in [-0.05, 0) is 37.1 Å². The number of nitrogens with one attached hydrogen (secondary N) is 1. The largest absolute Gasteiger partial charge is 0.333 e. The van der Waals surface area contributed by atoms with E-state index in [1.807, 2.05) is 6.20 Å². The van der Waals surface area contributed by atoms with E-state index in [2.05, 4.69) is 85.0 Å². The molecule has 114 valence electrons. The number of rotatable bonds is 7. The van der Waals surface area contributed by atoms with Gasteiger partial charge in [-0.3, -0.25) is 0 Å². The average Bonchev–Trinajstić information content (AvgIpc) is 2.90. The molecular weight excluding hydrogens is 394 g/mol. The third-order valence-electron chi connectivity index (χ3n) is 3.34. The van der Waals surface area contributed by atoms with Crippen molar-refractivity contribution in [2.24, 2.45) is 0 Å². The third kappa shape index (κ3) is 4.18. The number of nitrogens with zero attached hydrogens (tertiary/aromatic N) is 2. The summed E-state index contributed by atoms with van der Waals surface area (Å²) in [5.74, 6) is 1.08. The Morgan fingerprint density at radius 3 is 2.71 bits per heavy atom. The monoisotopic (exact) mass is 413 g/mol. The smallest absolute Gasteiger partial charge is 0.130 e. The zero-order valence-corrected chi connectivity index (χ0v) is 15.6. The zero-order valence-electron chi connectivity index (χ0n) is 12.4. The lowest BCUT2D eigenvalue weighted by Crippen LogP contribution is -2.26. The molecule has 2 aromatic rings. The van der Waals surface area contributed by atoms with Crippen LogP contribution in [0.5, 0.6) is 0 Å². The van der Waals surface area contributed by atoms with Gasteiger partial charge in [0.25, 0.3) is 0 Å². The fraction of sp³-hybridized carbons (Fsp3) is 0.438. The van der Waals surface area contributed by atoms with Crippen LogP contribution in [-0.2, 0) is 6.54 Å². The summed E-state index contributed by atoms with van der Waals surface area (Å²) < 4.78 is 4.41. The van der Waals surface area contributed by atoms with Crippen molar-refractivity contribution < 1.29 is 0 Å². The van der Waals surface area contributed by atoms with Crippen LogP contribution in [0.1, 0.15) is 44.1 Å². The molecule has 0 bridgehead atoms. The Kier molecular flexibility index (Phi) is 6.45. The average molecular weight is 415 g/mol. The van der Waals surface area contributed by atoms with E-state index in [9.17, 15) is 0 Å². The molecule has 1 aromatic carbocycles. The second-order valence-electron chi connectivity index (χ2n) is 5.03. The molecule has 3 nitrogen and oxygen atoms in total. The van der Waals surface area contributed by atoms with Crippen LogP contribution >= 0.6 is 31.9 Å². The molecule has 21 heavy (non-hydrogen) atoms. The highest BCUT2D eigenvalue weighted by atomic mass is 79.9. The molecule has 0 aliphatic rings. The lowest BCUT2D eigenvalue weighted by molar-refractivity contribution is 0.529. The van der Waals surface area contributed by atoms with Crippen molar-refractivity contribution in [1.82, 2.24) is 14.9 Å². The molecule has 0 amide bonds. The highest BCUT2D eigenvalue weighted by Crippen LogP contribution is 2.30. The molecule has 0 aliphatic heterocycles. The van der Waals surface area contributed by atoms with Crippen molar-refractivity contribution in [3.8, 4) is 0 Å². The molecule has 0 radical (unpaired) electrons. The van der Waals surface area contributed by atoms with Gasteiger partial charge in [0, 0.05) is 27.9 Å². The van der Waals surface area contributed by atoms with Gasteiger partial charge in [0.05, 0.1) is 6.04 Å². The summed E-state index contributed by atoms with van der Waals surface area (Å²) in [6.07, 6.45) is 6.15. The molecule has 0 saturated carbocycles. The highest BCUT2D eigenvalue weighted by molar-refractivity contribution is 9.11. The molecule has 1 heterocycles. The van der Waals surface area contributed by atoms with Gasteiger partial charge in [-0.1, -0.05) is 51.8 Å². The Morgan fingerprint density at radius 2 is 2.05 bits per heavy atom. The van der Waals surface area contributed by atoms with Gasteiger partial charge in [0.15, 0.2) is 0 Å². The minimum Gasteiger partial charge on any atom is -0.333 e. The SMILES string of the molecule is CCCNC(c1ccc(Br)cc1Br)c1nccn1CCC. The predicted molar refractivity (Wildman–Crippen MR) is 94.5 cm³/mol. The van der Waals surface area contributed by atoms with Crippen LogP contribution in [0.3, 0.4) is 0 Å². The third-order valence-corrected chi connectivity index (χ3v) is 4.52. The Bertz CT molecular complexity index is 581. The van der Waals surface area contributed by atoms with Crippen molar-refractivity contribution in [2.45, 2.75) is 39.3 Å². The summed E-state index contributed by atoms with van der Waals surface area (Å²) in [5, 5.41) is 3.62. The van der Waals surface area contributed by atoms with Crippen molar-refractivity contribution in [1.29, 1.82) is 0 Å². The molecule has 2 rings (SSSR count). The van der Waals surface area contributed by atoms with Crippen LogP contribution < -0.4 is 5.32 Å². The topological polar surface area (TPSA) is 29.9 Å². The first-order valence-electron chi connectivity index (χ1n) is 7.36. The van der Waals surface area contributed by atoms with Crippen molar-refractivity contribution >= 4 is 31.9 Å². The number of halogens is 2. The summed E-state index contributed by atoms with van der Waals surface area (Å²) >= 11 is 7.20. The Labute approximate surface area is 143 Å². The number of benzene rings is 1. The summed E-state index contributed by atoms with van der Waals surface area (Å²) in [7, 11) is 0.